The Kier molecular flexibility index (Phi) is 10.3. The Morgan fingerprint density at radius 2 is 1.76 bits per heavy atom. The second kappa shape index (κ2) is 13.7. The number of hydrogen-bond donors (Lipinski definition) is 1. The van der Waals surface area contributed by atoms with Gasteiger partial charge in [-0.1, -0.05) is 35.9 Å². The molecule has 0 radical (unpaired) electrons. The van der Waals surface area contributed by atoms with E-state index in [1.54, 1.807) is 47.4 Å². The second-order valence-electron chi connectivity index (χ2n) is 9.92. The Bertz CT molecular complexity index is 1420. The standard InChI is InChI=1S/C30H31ClFIN4O4/c1-19-16-36(20(2)15-35(19)17-21-7-10-23(32)11-8-21)29(39)18-41-27-12-9-22(31)13-26(27)37(28(38)14-34)30(40)24-5-3-4-6-25(24)33/h3-13,19-20H,14-18,34H2,1-2H3/t19-,20+/m0/s1. The molecule has 11 heteroatoms. The van der Waals surface area contributed by atoms with Gasteiger partial charge in [0.2, 0.25) is 5.91 Å². The highest BCUT2D eigenvalue weighted by atomic mass is 127. The van der Waals surface area contributed by atoms with Crippen LogP contribution in [0.1, 0.15) is 29.8 Å². The van der Waals surface area contributed by atoms with E-state index >= 15 is 0 Å². The Balaban J connectivity index is 1.49. The zero-order valence-corrected chi connectivity index (χ0v) is 25.6. The third-order valence-corrected chi connectivity index (χ3v) is 8.15. The van der Waals surface area contributed by atoms with Gasteiger partial charge in [0.15, 0.2) is 6.61 Å². The summed E-state index contributed by atoms with van der Waals surface area (Å²) in [5, 5.41) is 0.281. The number of imide groups is 1. The van der Waals surface area contributed by atoms with Gasteiger partial charge in [0.05, 0.1) is 17.8 Å². The predicted molar refractivity (Wildman–Crippen MR) is 164 cm³/mol. The molecule has 3 aromatic carbocycles. The maximum atomic E-state index is 13.5. The van der Waals surface area contributed by atoms with Crippen LogP contribution in [0.15, 0.2) is 66.7 Å². The third kappa shape index (κ3) is 7.42. The van der Waals surface area contributed by atoms with Crippen LogP contribution in [-0.2, 0) is 16.1 Å². The Morgan fingerprint density at radius 1 is 1.05 bits per heavy atom. The van der Waals surface area contributed by atoms with Gasteiger partial charge >= 0.3 is 0 Å². The largest absolute Gasteiger partial charge is 0.482 e. The number of nitrogens with two attached hydrogens (primary N) is 1. The lowest BCUT2D eigenvalue weighted by atomic mass is 10.1. The summed E-state index contributed by atoms with van der Waals surface area (Å²) in [5.74, 6) is -1.58. The third-order valence-electron chi connectivity index (χ3n) is 6.98. The van der Waals surface area contributed by atoms with E-state index in [0.29, 0.717) is 28.8 Å². The van der Waals surface area contributed by atoms with Crippen molar-refractivity contribution >= 4 is 57.6 Å². The molecule has 4 rings (SSSR count). The lowest BCUT2D eigenvalue weighted by molar-refractivity contribution is -0.139. The monoisotopic (exact) mass is 692 g/mol. The summed E-state index contributed by atoms with van der Waals surface area (Å²) >= 11 is 8.28. The molecular formula is C30H31ClFIN4O4. The predicted octanol–water partition coefficient (Wildman–Crippen LogP) is 4.72. The molecule has 0 aromatic heterocycles. The molecule has 8 nitrogen and oxygen atoms in total. The summed E-state index contributed by atoms with van der Waals surface area (Å²) in [5.41, 5.74) is 7.09. The van der Waals surface area contributed by atoms with Gasteiger partial charge in [0.25, 0.3) is 11.8 Å². The molecule has 1 aliphatic rings. The van der Waals surface area contributed by atoms with E-state index in [-0.39, 0.29) is 46.9 Å². The Morgan fingerprint density at radius 3 is 2.44 bits per heavy atom. The highest BCUT2D eigenvalue weighted by Gasteiger charge is 2.33. The number of ether oxygens (including phenoxy) is 1. The Labute approximate surface area is 257 Å². The van der Waals surface area contributed by atoms with Crippen LogP contribution in [0.4, 0.5) is 10.1 Å². The summed E-state index contributed by atoms with van der Waals surface area (Å²) in [6.07, 6.45) is 0. The van der Waals surface area contributed by atoms with Crippen LogP contribution in [0.5, 0.6) is 5.75 Å². The number of anilines is 1. The lowest BCUT2D eigenvalue weighted by Gasteiger charge is -2.44. The number of nitrogens with zero attached hydrogens (tertiary/aromatic N) is 3. The smallest absolute Gasteiger partial charge is 0.266 e. The summed E-state index contributed by atoms with van der Waals surface area (Å²) in [7, 11) is 0. The van der Waals surface area contributed by atoms with E-state index in [9.17, 15) is 18.8 Å². The summed E-state index contributed by atoms with van der Waals surface area (Å²) < 4.78 is 19.9. The minimum atomic E-state index is -0.646. The number of carbonyl (C=O) groups is 3. The van der Waals surface area contributed by atoms with E-state index in [0.717, 1.165) is 10.5 Å². The number of piperazine rings is 1. The van der Waals surface area contributed by atoms with Crippen molar-refractivity contribution in [3.8, 4) is 5.75 Å². The number of hydrogen-bond acceptors (Lipinski definition) is 6. The van der Waals surface area contributed by atoms with Gasteiger partial charge in [-0.25, -0.2) is 9.29 Å². The average Bonchev–Trinajstić information content (AvgIpc) is 2.95. The van der Waals surface area contributed by atoms with Gasteiger partial charge in [0.1, 0.15) is 11.6 Å². The van der Waals surface area contributed by atoms with Crippen molar-refractivity contribution in [2.24, 2.45) is 5.73 Å². The van der Waals surface area contributed by atoms with Gasteiger partial charge < -0.3 is 15.4 Å². The highest BCUT2D eigenvalue weighted by Crippen LogP contribution is 2.33. The van der Waals surface area contributed by atoms with E-state index in [1.807, 2.05) is 36.4 Å². The fraction of sp³-hybridized carbons (Fsp3) is 0.300. The zero-order valence-electron chi connectivity index (χ0n) is 22.7. The molecule has 2 N–H and O–H groups in total. The Hall–Kier alpha value is -3.06. The summed E-state index contributed by atoms with van der Waals surface area (Å²) in [4.78, 5) is 44.7. The first-order chi connectivity index (χ1) is 19.6. The SMILES string of the molecule is C[C@@H]1CN(Cc2ccc(F)cc2)[C@@H](C)CN1C(=O)COc1ccc(Cl)cc1N(C(=O)CN)C(=O)c1ccccc1I. The molecule has 1 heterocycles. The molecule has 0 spiro atoms. The van der Waals surface area contributed by atoms with Crippen LogP contribution in [0.3, 0.4) is 0 Å². The molecule has 0 unspecified atom stereocenters. The first-order valence-electron chi connectivity index (χ1n) is 13.1. The van der Waals surface area contributed by atoms with E-state index in [1.165, 1.54) is 24.3 Å². The topological polar surface area (TPSA) is 96.2 Å². The first-order valence-corrected chi connectivity index (χ1v) is 14.6. The van der Waals surface area contributed by atoms with Crippen molar-refractivity contribution < 1.29 is 23.5 Å². The molecule has 0 saturated carbocycles. The number of amides is 3. The summed E-state index contributed by atoms with van der Waals surface area (Å²) in [6, 6.07) is 17.8. The van der Waals surface area contributed by atoms with E-state index < -0.39 is 18.4 Å². The minimum Gasteiger partial charge on any atom is -0.482 e. The quantitative estimate of drug-likeness (QED) is 0.344. The van der Waals surface area contributed by atoms with Gasteiger partial charge in [-0.2, -0.15) is 0 Å². The lowest BCUT2D eigenvalue weighted by Crippen LogP contribution is -2.58. The van der Waals surface area contributed by atoms with Crippen LogP contribution in [0.25, 0.3) is 0 Å². The van der Waals surface area contributed by atoms with Crippen LogP contribution in [-0.4, -0.2) is 65.8 Å². The van der Waals surface area contributed by atoms with E-state index in [4.69, 9.17) is 22.1 Å². The van der Waals surface area contributed by atoms with Crippen molar-refractivity contribution in [1.29, 1.82) is 0 Å². The van der Waals surface area contributed by atoms with Gasteiger partial charge in [-0.05, 0) is 84.5 Å². The van der Waals surface area contributed by atoms with Crippen molar-refractivity contribution in [2.45, 2.75) is 32.5 Å². The molecule has 41 heavy (non-hydrogen) atoms. The second-order valence-corrected chi connectivity index (χ2v) is 11.5. The molecule has 0 bridgehead atoms. The fourth-order valence-corrected chi connectivity index (χ4v) is 5.59. The van der Waals surface area contributed by atoms with Crippen LogP contribution in [0.2, 0.25) is 5.02 Å². The van der Waals surface area contributed by atoms with Gasteiger partial charge in [-0.15, -0.1) is 0 Å². The normalized spacial score (nSPS) is 17.3. The molecule has 1 aliphatic heterocycles. The molecule has 1 saturated heterocycles. The van der Waals surface area contributed by atoms with Crippen molar-refractivity contribution in [3.63, 3.8) is 0 Å². The number of rotatable bonds is 8. The minimum absolute atomic E-state index is 0.0647. The van der Waals surface area contributed by atoms with Crippen molar-refractivity contribution in [1.82, 2.24) is 9.80 Å². The van der Waals surface area contributed by atoms with Gasteiger partial charge in [-0.3, -0.25) is 19.3 Å². The first kappa shape index (κ1) is 30.9. The zero-order chi connectivity index (χ0) is 29.7. The molecule has 1 fully saturated rings. The maximum Gasteiger partial charge on any atom is 0.266 e. The van der Waals surface area contributed by atoms with Crippen LogP contribution in [0, 0.1) is 9.39 Å². The average molecular weight is 693 g/mol. The number of halogens is 3. The highest BCUT2D eigenvalue weighted by molar-refractivity contribution is 14.1. The van der Waals surface area contributed by atoms with Crippen molar-refractivity contribution in [3.05, 3.63) is 92.3 Å². The molecule has 216 valence electrons. The fourth-order valence-electron chi connectivity index (χ4n) is 4.80. The van der Waals surface area contributed by atoms with Crippen LogP contribution >= 0.6 is 34.2 Å². The van der Waals surface area contributed by atoms with E-state index in [2.05, 4.69) is 4.90 Å². The molecule has 0 aliphatic carbocycles. The summed E-state index contributed by atoms with van der Waals surface area (Å²) in [6.45, 7) is 5.07. The maximum absolute atomic E-state index is 13.5. The van der Waals surface area contributed by atoms with Crippen LogP contribution < -0.4 is 15.4 Å². The number of benzene rings is 3. The molecule has 2 atom stereocenters. The number of carbonyl (C=O) groups excluding carboxylic acids is 3. The molecule has 3 amide bonds. The molecular weight excluding hydrogens is 662 g/mol. The van der Waals surface area contributed by atoms with Crippen molar-refractivity contribution in [2.75, 3.05) is 31.1 Å². The molecule has 3 aromatic rings. The van der Waals surface area contributed by atoms with Gasteiger partial charge in [0, 0.05) is 40.3 Å².